The number of hydrogen-bond acceptors (Lipinski definition) is 4. The van der Waals surface area contributed by atoms with Crippen LogP contribution in [0.25, 0.3) is 0 Å². The minimum atomic E-state index is -3.60. The smallest absolute Gasteiger partial charge is 0.243 e. The van der Waals surface area contributed by atoms with Crippen molar-refractivity contribution in [3.05, 3.63) is 22.7 Å². The molecule has 0 aromatic heterocycles. The lowest BCUT2D eigenvalue weighted by molar-refractivity contribution is 0.189. The molecule has 3 N–H and O–H groups in total. The zero-order chi connectivity index (χ0) is 13.5. The van der Waals surface area contributed by atoms with Crippen molar-refractivity contribution in [3.63, 3.8) is 0 Å². The topological polar surface area (TPSA) is 83.6 Å². The summed E-state index contributed by atoms with van der Waals surface area (Å²) < 4.78 is 25.9. The molecule has 2 rings (SSSR count). The summed E-state index contributed by atoms with van der Waals surface area (Å²) in [6.45, 7) is 2.16. The average molecular weight is 291 g/mol. The lowest BCUT2D eigenvalue weighted by Gasteiger charge is -2.17. The number of aryl methyl sites for hydroxylation is 1. The van der Waals surface area contributed by atoms with E-state index >= 15 is 0 Å². The Balaban J connectivity index is 2.42. The highest BCUT2D eigenvalue weighted by molar-refractivity contribution is 7.89. The molecule has 0 bridgehead atoms. The molecule has 1 fully saturated rings. The zero-order valence-electron chi connectivity index (χ0n) is 9.93. The molecule has 0 aliphatic carbocycles. The minimum Gasteiger partial charge on any atom is -0.397 e. The molecule has 7 heteroatoms. The summed E-state index contributed by atoms with van der Waals surface area (Å²) >= 11 is 5.91. The summed E-state index contributed by atoms with van der Waals surface area (Å²) in [5, 5.41) is 9.78. The van der Waals surface area contributed by atoms with Crippen molar-refractivity contribution in [1.82, 2.24) is 4.31 Å². The number of aliphatic hydroxyl groups excluding tert-OH is 1. The Bertz CT molecular complexity index is 551. The van der Waals surface area contributed by atoms with Crippen LogP contribution in [0.4, 0.5) is 5.69 Å². The largest absolute Gasteiger partial charge is 0.397 e. The van der Waals surface area contributed by atoms with Crippen LogP contribution in [0.1, 0.15) is 12.0 Å². The number of rotatable bonds is 2. The second-order valence-corrected chi connectivity index (χ2v) is 6.76. The van der Waals surface area contributed by atoms with E-state index in [1.54, 1.807) is 6.92 Å². The van der Waals surface area contributed by atoms with E-state index in [-0.39, 0.29) is 17.1 Å². The third-order valence-electron chi connectivity index (χ3n) is 3.02. The summed E-state index contributed by atoms with van der Waals surface area (Å²) in [4.78, 5) is 0.121. The monoisotopic (exact) mass is 290 g/mol. The maximum Gasteiger partial charge on any atom is 0.243 e. The molecule has 0 unspecified atom stereocenters. The quantitative estimate of drug-likeness (QED) is 0.796. The van der Waals surface area contributed by atoms with E-state index in [0.29, 0.717) is 23.6 Å². The van der Waals surface area contributed by atoms with Crippen LogP contribution in [0, 0.1) is 6.92 Å². The summed E-state index contributed by atoms with van der Waals surface area (Å²) in [6, 6.07) is 2.86. The highest BCUT2D eigenvalue weighted by Crippen LogP contribution is 2.29. The number of hydrogen-bond donors (Lipinski definition) is 2. The molecular weight excluding hydrogens is 276 g/mol. The van der Waals surface area contributed by atoms with E-state index in [4.69, 9.17) is 17.3 Å². The number of halogens is 1. The first-order valence-electron chi connectivity index (χ1n) is 5.56. The molecule has 18 heavy (non-hydrogen) atoms. The lowest BCUT2D eigenvalue weighted by atomic mass is 10.2. The molecular formula is C11H15ClN2O3S. The van der Waals surface area contributed by atoms with Gasteiger partial charge in [0.2, 0.25) is 10.0 Å². The number of sulfonamides is 1. The molecule has 1 atom stereocenters. The van der Waals surface area contributed by atoms with Gasteiger partial charge in [-0.25, -0.2) is 8.42 Å². The van der Waals surface area contributed by atoms with Crippen molar-refractivity contribution < 1.29 is 13.5 Å². The van der Waals surface area contributed by atoms with Crippen molar-refractivity contribution >= 4 is 27.3 Å². The molecule has 0 saturated carbocycles. The molecule has 1 saturated heterocycles. The van der Waals surface area contributed by atoms with Crippen molar-refractivity contribution in [1.29, 1.82) is 0 Å². The lowest BCUT2D eigenvalue weighted by Crippen LogP contribution is -2.29. The van der Waals surface area contributed by atoms with Gasteiger partial charge in [-0.05, 0) is 31.0 Å². The van der Waals surface area contributed by atoms with Crippen LogP contribution in [0.15, 0.2) is 17.0 Å². The van der Waals surface area contributed by atoms with Crippen LogP contribution in [0.2, 0.25) is 5.02 Å². The van der Waals surface area contributed by atoms with Crippen molar-refractivity contribution in [2.75, 3.05) is 18.8 Å². The normalized spacial score (nSPS) is 21.4. The van der Waals surface area contributed by atoms with E-state index in [0.717, 1.165) is 0 Å². The van der Waals surface area contributed by atoms with Crippen LogP contribution >= 0.6 is 11.6 Å². The molecule has 1 heterocycles. The fourth-order valence-corrected chi connectivity index (χ4v) is 3.71. The predicted molar refractivity (Wildman–Crippen MR) is 70.0 cm³/mol. The van der Waals surface area contributed by atoms with E-state index < -0.39 is 16.1 Å². The highest BCUT2D eigenvalue weighted by Gasteiger charge is 2.32. The van der Waals surface area contributed by atoms with Gasteiger partial charge >= 0.3 is 0 Å². The van der Waals surface area contributed by atoms with Gasteiger partial charge in [0, 0.05) is 13.1 Å². The average Bonchev–Trinajstić information content (AvgIpc) is 2.72. The Kier molecular flexibility index (Phi) is 3.55. The SMILES string of the molecule is Cc1cc(S(=O)(=O)N2CC[C@H](O)C2)cc(N)c1Cl. The molecule has 100 valence electrons. The van der Waals surface area contributed by atoms with Crippen molar-refractivity contribution in [2.45, 2.75) is 24.3 Å². The van der Waals surface area contributed by atoms with Crippen LogP contribution in [0.5, 0.6) is 0 Å². The molecule has 1 aromatic carbocycles. The maximum atomic E-state index is 12.3. The van der Waals surface area contributed by atoms with Gasteiger partial charge in [-0.2, -0.15) is 4.31 Å². The molecule has 1 aliphatic heterocycles. The van der Waals surface area contributed by atoms with Gasteiger partial charge in [0.1, 0.15) is 0 Å². The van der Waals surface area contributed by atoms with Crippen molar-refractivity contribution in [2.24, 2.45) is 0 Å². The molecule has 0 amide bonds. The molecule has 5 nitrogen and oxygen atoms in total. The number of benzene rings is 1. The van der Waals surface area contributed by atoms with Crippen LogP contribution in [-0.2, 0) is 10.0 Å². The fraction of sp³-hybridized carbons (Fsp3) is 0.455. The first kappa shape index (κ1) is 13.6. The van der Waals surface area contributed by atoms with Crippen LogP contribution in [0.3, 0.4) is 0 Å². The van der Waals surface area contributed by atoms with Gasteiger partial charge in [0.25, 0.3) is 0 Å². The second kappa shape index (κ2) is 4.70. The standard InChI is InChI=1S/C11H15ClN2O3S/c1-7-4-9(5-10(13)11(7)12)18(16,17)14-3-2-8(15)6-14/h4-5,8,15H,2-3,6,13H2,1H3/t8-/m0/s1. The number of β-amino-alcohol motifs (C(OH)–C–C–N with tert-alkyl or cyclic N) is 1. The minimum absolute atomic E-state index is 0.121. The summed E-state index contributed by atoms with van der Waals surface area (Å²) in [5.41, 5.74) is 6.55. The fourth-order valence-electron chi connectivity index (χ4n) is 1.99. The number of aliphatic hydroxyl groups is 1. The van der Waals surface area contributed by atoms with Gasteiger partial charge in [-0.1, -0.05) is 11.6 Å². The number of nitrogens with two attached hydrogens (primary N) is 1. The number of nitrogens with zero attached hydrogens (tertiary/aromatic N) is 1. The maximum absolute atomic E-state index is 12.3. The van der Waals surface area contributed by atoms with Gasteiger partial charge in [-0.15, -0.1) is 0 Å². The molecule has 0 radical (unpaired) electrons. The highest BCUT2D eigenvalue weighted by atomic mass is 35.5. The van der Waals surface area contributed by atoms with Crippen LogP contribution < -0.4 is 5.73 Å². The third kappa shape index (κ3) is 2.33. The Hall–Kier alpha value is -0.820. The van der Waals surface area contributed by atoms with E-state index in [9.17, 15) is 13.5 Å². The van der Waals surface area contributed by atoms with Crippen molar-refractivity contribution in [3.8, 4) is 0 Å². The number of nitrogen functional groups attached to an aromatic ring is 1. The Labute approximate surface area is 111 Å². The summed E-state index contributed by atoms with van der Waals surface area (Å²) in [5.74, 6) is 0. The van der Waals surface area contributed by atoms with Gasteiger partial charge in [-0.3, -0.25) is 0 Å². The Morgan fingerprint density at radius 2 is 2.17 bits per heavy atom. The summed E-state index contributed by atoms with van der Waals surface area (Å²) in [7, 11) is -3.60. The van der Waals surface area contributed by atoms with Gasteiger partial charge in [0.05, 0.1) is 21.7 Å². The van der Waals surface area contributed by atoms with E-state index in [1.165, 1.54) is 16.4 Å². The molecule has 1 aliphatic rings. The first-order valence-corrected chi connectivity index (χ1v) is 7.38. The van der Waals surface area contributed by atoms with E-state index in [2.05, 4.69) is 0 Å². The zero-order valence-corrected chi connectivity index (χ0v) is 11.5. The van der Waals surface area contributed by atoms with E-state index in [1.807, 2.05) is 0 Å². The van der Waals surface area contributed by atoms with Gasteiger partial charge in [0.15, 0.2) is 0 Å². The number of anilines is 1. The third-order valence-corrected chi connectivity index (χ3v) is 5.38. The van der Waals surface area contributed by atoms with Gasteiger partial charge < -0.3 is 10.8 Å². The Morgan fingerprint density at radius 1 is 1.50 bits per heavy atom. The Morgan fingerprint density at radius 3 is 2.67 bits per heavy atom. The molecule has 1 aromatic rings. The first-order chi connectivity index (χ1) is 8.32. The second-order valence-electron chi connectivity index (χ2n) is 4.45. The van der Waals surface area contributed by atoms with Crippen LogP contribution in [-0.4, -0.2) is 37.0 Å². The molecule has 0 spiro atoms. The summed E-state index contributed by atoms with van der Waals surface area (Å²) in [6.07, 6.45) is -0.133. The predicted octanol–water partition coefficient (Wildman–Crippen LogP) is 0.986.